The summed E-state index contributed by atoms with van der Waals surface area (Å²) in [7, 11) is 3.12. The molecule has 2 atom stereocenters. The molecule has 6 heteroatoms. The van der Waals surface area contributed by atoms with E-state index in [0.717, 1.165) is 18.5 Å². The van der Waals surface area contributed by atoms with Gasteiger partial charge in [0.2, 0.25) is 0 Å². The zero-order valence-corrected chi connectivity index (χ0v) is 13.9. The molecule has 122 valence electrons. The normalized spacial score (nSPS) is 22.4. The fourth-order valence-corrected chi connectivity index (χ4v) is 3.40. The lowest BCUT2D eigenvalue weighted by atomic mass is 9.90. The third kappa shape index (κ3) is 3.84. The van der Waals surface area contributed by atoms with Gasteiger partial charge < -0.3 is 14.6 Å². The number of carboxylic acid groups (broad SMARTS) is 1. The number of rotatable bonds is 5. The van der Waals surface area contributed by atoms with Gasteiger partial charge in [-0.05, 0) is 30.0 Å². The molecule has 0 aliphatic carbocycles. The van der Waals surface area contributed by atoms with Gasteiger partial charge in [0.05, 0.1) is 25.2 Å². The summed E-state index contributed by atoms with van der Waals surface area (Å²) in [6.07, 6.45) is 0.735. The van der Waals surface area contributed by atoms with Gasteiger partial charge in [-0.3, -0.25) is 9.69 Å². The van der Waals surface area contributed by atoms with Gasteiger partial charge in [0.15, 0.2) is 11.5 Å². The molecule has 1 aromatic rings. The summed E-state index contributed by atoms with van der Waals surface area (Å²) >= 11 is 6.22. The molecule has 1 aromatic carbocycles. The number of piperidine rings is 1. The first-order valence-electron chi connectivity index (χ1n) is 7.30. The molecule has 22 heavy (non-hydrogen) atoms. The molecule has 1 fully saturated rings. The summed E-state index contributed by atoms with van der Waals surface area (Å²) in [5.41, 5.74) is 0.987. The van der Waals surface area contributed by atoms with Crippen molar-refractivity contribution in [1.82, 2.24) is 4.90 Å². The molecule has 1 saturated heterocycles. The monoisotopic (exact) mass is 327 g/mol. The first kappa shape index (κ1) is 16.9. The van der Waals surface area contributed by atoms with Crippen molar-refractivity contribution in [3.63, 3.8) is 0 Å². The van der Waals surface area contributed by atoms with Crippen LogP contribution in [0.15, 0.2) is 12.1 Å². The molecule has 2 rings (SSSR count). The summed E-state index contributed by atoms with van der Waals surface area (Å²) in [6.45, 7) is 4.18. The van der Waals surface area contributed by atoms with E-state index in [0.29, 0.717) is 35.5 Å². The fraction of sp³-hybridized carbons (Fsp3) is 0.562. The van der Waals surface area contributed by atoms with Crippen LogP contribution in [0.2, 0.25) is 5.02 Å². The molecule has 0 radical (unpaired) electrons. The van der Waals surface area contributed by atoms with Gasteiger partial charge in [-0.25, -0.2) is 0 Å². The molecule has 0 bridgehead atoms. The highest BCUT2D eigenvalue weighted by molar-refractivity contribution is 6.32. The van der Waals surface area contributed by atoms with Crippen LogP contribution in [0.1, 0.15) is 18.9 Å². The Morgan fingerprint density at radius 2 is 2.09 bits per heavy atom. The van der Waals surface area contributed by atoms with E-state index in [-0.39, 0.29) is 5.92 Å². The van der Waals surface area contributed by atoms with Gasteiger partial charge in [0.25, 0.3) is 0 Å². The fourth-order valence-electron chi connectivity index (χ4n) is 3.09. The minimum Gasteiger partial charge on any atom is -0.493 e. The van der Waals surface area contributed by atoms with Crippen LogP contribution in [0.4, 0.5) is 0 Å². The van der Waals surface area contributed by atoms with E-state index in [1.54, 1.807) is 14.2 Å². The van der Waals surface area contributed by atoms with Crippen LogP contribution in [0.5, 0.6) is 11.5 Å². The Kier molecular flexibility index (Phi) is 5.53. The molecule has 0 spiro atoms. The molecule has 5 nitrogen and oxygen atoms in total. The number of carbonyl (C=O) groups is 1. The average Bonchev–Trinajstić information content (AvgIpc) is 2.45. The van der Waals surface area contributed by atoms with Crippen LogP contribution in [-0.2, 0) is 11.3 Å². The maximum absolute atomic E-state index is 11.3. The largest absolute Gasteiger partial charge is 0.493 e. The molecule has 1 aliphatic heterocycles. The van der Waals surface area contributed by atoms with Crippen LogP contribution in [-0.4, -0.2) is 43.3 Å². The van der Waals surface area contributed by atoms with Crippen molar-refractivity contribution < 1.29 is 19.4 Å². The van der Waals surface area contributed by atoms with Gasteiger partial charge in [-0.15, -0.1) is 0 Å². The topological polar surface area (TPSA) is 59.0 Å². The predicted octanol–water partition coefficient (Wildman–Crippen LogP) is 2.90. The van der Waals surface area contributed by atoms with Gasteiger partial charge in [0, 0.05) is 19.6 Å². The lowest BCUT2D eigenvalue weighted by Crippen LogP contribution is -2.41. The van der Waals surface area contributed by atoms with Crippen molar-refractivity contribution in [3.05, 3.63) is 22.7 Å². The van der Waals surface area contributed by atoms with Crippen molar-refractivity contribution in [2.24, 2.45) is 11.8 Å². The number of halogens is 1. The Hall–Kier alpha value is -1.46. The van der Waals surface area contributed by atoms with Crippen LogP contribution < -0.4 is 9.47 Å². The van der Waals surface area contributed by atoms with E-state index in [9.17, 15) is 9.90 Å². The van der Waals surface area contributed by atoms with Crippen LogP contribution in [0.25, 0.3) is 0 Å². The van der Waals surface area contributed by atoms with Crippen molar-refractivity contribution in [2.45, 2.75) is 19.9 Å². The Labute approximate surface area is 135 Å². The summed E-state index contributed by atoms with van der Waals surface area (Å²) < 4.78 is 10.5. The zero-order chi connectivity index (χ0) is 16.3. The number of hydrogen-bond donors (Lipinski definition) is 1. The number of likely N-dealkylation sites (tertiary alicyclic amines) is 1. The van der Waals surface area contributed by atoms with E-state index in [1.807, 2.05) is 12.1 Å². The molecule has 2 unspecified atom stereocenters. The quantitative estimate of drug-likeness (QED) is 0.901. The first-order chi connectivity index (χ1) is 10.4. The average molecular weight is 328 g/mol. The van der Waals surface area contributed by atoms with E-state index in [2.05, 4.69) is 11.8 Å². The van der Waals surface area contributed by atoms with Crippen molar-refractivity contribution in [3.8, 4) is 11.5 Å². The maximum Gasteiger partial charge on any atom is 0.307 e. The summed E-state index contributed by atoms with van der Waals surface area (Å²) in [6, 6.07) is 3.73. The van der Waals surface area contributed by atoms with Crippen molar-refractivity contribution in [1.29, 1.82) is 0 Å². The van der Waals surface area contributed by atoms with Gasteiger partial charge >= 0.3 is 5.97 Å². The standard InChI is InChI=1S/C16H22ClNO4/c1-10-4-12(16(19)20)9-18(7-10)8-11-5-13(17)15(22-3)14(6-11)21-2/h5-6,10,12H,4,7-9H2,1-3H3,(H,19,20). The van der Waals surface area contributed by atoms with E-state index < -0.39 is 5.97 Å². The van der Waals surface area contributed by atoms with Crippen LogP contribution >= 0.6 is 11.6 Å². The Morgan fingerprint density at radius 1 is 1.36 bits per heavy atom. The SMILES string of the molecule is COc1cc(CN2CC(C)CC(C(=O)O)C2)cc(Cl)c1OC. The third-order valence-corrected chi connectivity index (χ3v) is 4.26. The summed E-state index contributed by atoms with van der Waals surface area (Å²) in [4.78, 5) is 13.4. The zero-order valence-electron chi connectivity index (χ0n) is 13.1. The highest BCUT2D eigenvalue weighted by Crippen LogP contribution is 2.36. The molecular formula is C16H22ClNO4. The predicted molar refractivity (Wildman–Crippen MR) is 84.7 cm³/mol. The maximum atomic E-state index is 11.3. The number of aliphatic carboxylic acids is 1. The second kappa shape index (κ2) is 7.20. The molecule has 0 saturated carbocycles. The molecule has 1 aliphatic rings. The van der Waals surface area contributed by atoms with Gasteiger partial charge in [0.1, 0.15) is 0 Å². The lowest BCUT2D eigenvalue weighted by Gasteiger charge is -2.34. The molecular weight excluding hydrogens is 306 g/mol. The molecule has 1 heterocycles. The number of benzene rings is 1. The van der Waals surface area contributed by atoms with E-state index in [4.69, 9.17) is 21.1 Å². The number of hydrogen-bond acceptors (Lipinski definition) is 4. The van der Waals surface area contributed by atoms with Crippen molar-refractivity contribution in [2.75, 3.05) is 27.3 Å². The first-order valence-corrected chi connectivity index (χ1v) is 7.68. The second-order valence-electron chi connectivity index (χ2n) is 5.88. The number of ether oxygens (including phenoxy) is 2. The van der Waals surface area contributed by atoms with Crippen molar-refractivity contribution >= 4 is 17.6 Å². The molecule has 0 aromatic heterocycles. The molecule has 1 N–H and O–H groups in total. The minimum atomic E-state index is -0.720. The minimum absolute atomic E-state index is 0.306. The smallest absolute Gasteiger partial charge is 0.307 e. The third-order valence-electron chi connectivity index (χ3n) is 3.98. The number of nitrogens with zero attached hydrogens (tertiary/aromatic N) is 1. The molecule has 0 amide bonds. The lowest BCUT2D eigenvalue weighted by molar-refractivity contribution is -0.144. The van der Waals surface area contributed by atoms with Crippen LogP contribution in [0, 0.1) is 11.8 Å². The summed E-state index contributed by atoms with van der Waals surface area (Å²) in [5, 5.41) is 9.75. The Bertz CT molecular complexity index is 549. The number of carboxylic acids is 1. The highest BCUT2D eigenvalue weighted by Gasteiger charge is 2.29. The summed E-state index contributed by atoms with van der Waals surface area (Å²) in [5.74, 6) is 0.444. The second-order valence-corrected chi connectivity index (χ2v) is 6.29. The van der Waals surface area contributed by atoms with Gasteiger partial charge in [-0.2, -0.15) is 0 Å². The van der Waals surface area contributed by atoms with Crippen LogP contribution in [0.3, 0.4) is 0 Å². The Balaban J connectivity index is 2.16. The van der Waals surface area contributed by atoms with E-state index >= 15 is 0 Å². The number of methoxy groups -OCH3 is 2. The Morgan fingerprint density at radius 3 is 2.68 bits per heavy atom. The highest BCUT2D eigenvalue weighted by atomic mass is 35.5. The van der Waals surface area contributed by atoms with E-state index in [1.165, 1.54) is 0 Å². The van der Waals surface area contributed by atoms with Gasteiger partial charge in [-0.1, -0.05) is 18.5 Å².